The van der Waals surface area contributed by atoms with Gasteiger partial charge in [0.1, 0.15) is 11.3 Å². The van der Waals surface area contributed by atoms with Crippen LogP contribution in [0, 0.1) is 0 Å². The van der Waals surface area contributed by atoms with E-state index in [0.29, 0.717) is 0 Å². The minimum Gasteiger partial charge on any atom is -0.454 e. The Labute approximate surface area is 234 Å². The molecule has 10 rings (SSSR count). The minimum atomic E-state index is -0.0701. The van der Waals surface area contributed by atoms with Gasteiger partial charge in [-0.1, -0.05) is 92.3 Å². The maximum absolute atomic E-state index is 6.65. The molecule has 0 bridgehead atoms. The first-order valence-electron chi connectivity index (χ1n) is 13.9. The van der Waals surface area contributed by atoms with Gasteiger partial charge in [-0.15, -0.1) is 0 Å². The molecule has 2 nitrogen and oxygen atoms in total. The normalized spacial score (nSPS) is 14.8. The molecule has 1 aliphatic heterocycles. The number of hydrogen-bond donors (Lipinski definition) is 0. The highest BCUT2D eigenvalue weighted by Crippen LogP contribution is 2.55. The van der Waals surface area contributed by atoms with Crippen molar-refractivity contribution in [3.05, 3.63) is 114 Å². The van der Waals surface area contributed by atoms with E-state index in [1.165, 1.54) is 75.4 Å². The van der Waals surface area contributed by atoms with E-state index in [-0.39, 0.29) is 5.41 Å². The summed E-state index contributed by atoms with van der Waals surface area (Å²) in [6.45, 7) is 4.73. The van der Waals surface area contributed by atoms with Crippen molar-refractivity contribution in [2.24, 2.45) is 0 Å². The first-order chi connectivity index (χ1) is 19.6. The lowest BCUT2D eigenvalue weighted by molar-refractivity contribution is 0.660. The molecule has 0 saturated carbocycles. The lowest BCUT2D eigenvalue weighted by Crippen LogP contribution is -2.15. The summed E-state index contributed by atoms with van der Waals surface area (Å²) >= 11 is 1.87. The maximum Gasteiger partial charge on any atom is 0.160 e. The van der Waals surface area contributed by atoms with Crippen molar-refractivity contribution in [2.75, 3.05) is 0 Å². The molecule has 0 saturated heterocycles. The van der Waals surface area contributed by atoms with Crippen LogP contribution in [-0.4, -0.2) is 4.57 Å². The fraction of sp³-hybridized carbons (Fsp3) is 0.0811. The molecular formula is C37H23NOS. The summed E-state index contributed by atoms with van der Waals surface area (Å²) < 4.78 is 9.17. The van der Waals surface area contributed by atoms with Gasteiger partial charge in [-0.25, -0.2) is 0 Å². The molecule has 40 heavy (non-hydrogen) atoms. The molecule has 8 aromatic rings. The van der Waals surface area contributed by atoms with Crippen molar-refractivity contribution in [2.45, 2.75) is 29.1 Å². The van der Waals surface area contributed by atoms with E-state index < -0.39 is 0 Å². The largest absolute Gasteiger partial charge is 0.454 e. The molecule has 3 heteroatoms. The van der Waals surface area contributed by atoms with E-state index in [9.17, 15) is 0 Å². The van der Waals surface area contributed by atoms with Crippen LogP contribution in [0.3, 0.4) is 0 Å². The summed E-state index contributed by atoms with van der Waals surface area (Å²) in [5.41, 5.74) is 11.0. The van der Waals surface area contributed by atoms with Gasteiger partial charge in [0, 0.05) is 36.8 Å². The van der Waals surface area contributed by atoms with E-state index in [0.717, 1.165) is 16.9 Å². The van der Waals surface area contributed by atoms with Crippen LogP contribution in [0.2, 0.25) is 0 Å². The summed E-state index contributed by atoms with van der Waals surface area (Å²) in [7, 11) is 0. The highest BCUT2D eigenvalue weighted by molar-refractivity contribution is 7.99. The van der Waals surface area contributed by atoms with Gasteiger partial charge in [0.25, 0.3) is 0 Å². The van der Waals surface area contributed by atoms with E-state index in [1.807, 2.05) is 11.8 Å². The molecule has 6 aromatic carbocycles. The van der Waals surface area contributed by atoms with Crippen LogP contribution in [0.5, 0.6) is 0 Å². The van der Waals surface area contributed by atoms with Crippen LogP contribution in [0.25, 0.3) is 71.3 Å². The van der Waals surface area contributed by atoms with Gasteiger partial charge in [-0.3, -0.25) is 0 Å². The summed E-state index contributed by atoms with van der Waals surface area (Å²) in [5.74, 6) is 0. The Morgan fingerprint density at radius 2 is 1.45 bits per heavy atom. The number of furan rings is 1. The predicted molar refractivity (Wildman–Crippen MR) is 167 cm³/mol. The molecule has 0 N–H and O–H groups in total. The van der Waals surface area contributed by atoms with Gasteiger partial charge in [-0.2, -0.15) is 0 Å². The van der Waals surface area contributed by atoms with Crippen molar-refractivity contribution in [3.63, 3.8) is 0 Å². The van der Waals surface area contributed by atoms with E-state index in [4.69, 9.17) is 4.42 Å². The summed E-state index contributed by atoms with van der Waals surface area (Å²) in [6, 6.07) is 38.0. The Hall–Kier alpha value is -4.47. The van der Waals surface area contributed by atoms with Crippen LogP contribution >= 0.6 is 11.8 Å². The summed E-state index contributed by atoms with van der Waals surface area (Å²) in [4.78, 5) is 2.53. The third-order valence-electron chi connectivity index (χ3n) is 9.35. The van der Waals surface area contributed by atoms with Crippen LogP contribution in [0.1, 0.15) is 25.0 Å². The third-order valence-corrected chi connectivity index (χ3v) is 10.4. The molecule has 2 aliphatic rings. The van der Waals surface area contributed by atoms with Crippen molar-refractivity contribution >= 4 is 66.3 Å². The zero-order chi connectivity index (χ0) is 26.3. The second-order valence-electron chi connectivity index (χ2n) is 11.7. The fourth-order valence-corrected chi connectivity index (χ4v) is 8.66. The molecule has 0 unspecified atom stereocenters. The van der Waals surface area contributed by atoms with E-state index in [2.05, 4.69) is 122 Å². The van der Waals surface area contributed by atoms with E-state index in [1.54, 1.807) is 0 Å². The van der Waals surface area contributed by atoms with Crippen LogP contribution in [-0.2, 0) is 5.41 Å². The molecule has 0 radical (unpaired) electrons. The van der Waals surface area contributed by atoms with E-state index >= 15 is 0 Å². The molecular weight excluding hydrogens is 506 g/mol. The SMILES string of the molecule is CC1(C)c2ccccc2-c2cc3c4c5ccccc5cc5c4n(c3cc21)-c1c(ccc2c1oc1ccccc12)S5. The van der Waals surface area contributed by atoms with Crippen molar-refractivity contribution in [1.29, 1.82) is 0 Å². The van der Waals surface area contributed by atoms with Gasteiger partial charge in [-0.05, 0) is 69.4 Å². The highest BCUT2D eigenvalue weighted by atomic mass is 32.2. The molecule has 3 heterocycles. The number of hydrogen-bond acceptors (Lipinski definition) is 2. The van der Waals surface area contributed by atoms with Crippen molar-refractivity contribution in [3.8, 4) is 16.8 Å². The van der Waals surface area contributed by atoms with Crippen molar-refractivity contribution in [1.82, 2.24) is 4.57 Å². The number of aromatic nitrogens is 1. The van der Waals surface area contributed by atoms with Crippen LogP contribution in [0.4, 0.5) is 0 Å². The van der Waals surface area contributed by atoms with Gasteiger partial charge < -0.3 is 8.98 Å². The van der Waals surface area contributed by atoms with Crippen LogP contribution in [0.15, 0.2) is 117 Å². The Balaban J connectivity index is 1.46. The van der Waals surface area contributed by atoms with Crippen LogP contribution < -0.4 is 0 Å². The Kier molecular flexibility index (Phi) is 3.73. The molecule has 0 fully saturated rings. The monoisotopic (exact) mass is 529 g/mol. The van der Waals surface area contributed by atoms with Gasteiger partial charge in [0.2, 0.25) is 0 Å². The van der Waals surface area contributed by atoms with Gasteiger partial charge in [0.05, 0.1) is 11.0 Å². The average Bonchev–Trinajstić information content (AvgIpc) is 3.60. The van der Waals surface area contributed by atoms with Gasteiger partial charge >= 0.3 is 0 Å². The topological polar surface area (TPSA) is 18.1 Å². The molecule has 0 amide bonds. The second kappa shape index (κ2) is 6.99. The first kappa shape index (κ1) is 21.4. The zero-order valence-electron chi connectivity index (χ0n) is 22.1. The number of benzene rings is 6. The summed E-state index contributed by atoms with van der Waals surface area (Å²) in [6.07, 6.45) is 0. The highest BCUT2D eigenvalue weighted by Gasteiger charge is 2.37. The molecule has 0 atom stereocenters. The first-order valence-corrected chi connectivity index (χ1v) is 14.7. The fourth-order valence-electron chi connectivity index (χ4n) is 7.53. The molecule has 1 aliphatic carbocycles. The Morgan fingerprint density at radius 1 is 0.650 bits per heavy atom. The second-order valence-corrected chi connectivity index (χ2v) is 12.8. The van der Waals surface area contributed by atoms with Gasteiger partial charge in [0.15, 0.2) is 5.58 Å². The number of rotatable bonds is 0. The molecule has 0 spiro atoms. The minimum absolute atomic E-state index is 0.0701. The average molecular weight is 530 g/mol. The third kappa shape index (κ3) is 2.40. The smallest absolute Gasteiger partial charge is 0.160 e. The Morgan fingerprint density at radius 3 is 2.38 bits per heavy atom. The number of nitrogens with zero attached hydrogens (tertiary/aromatic N) is 1. The lowest BCUT2D eigenvalue weighted by Gasteiger charge is -2.23. The maximum atomic E-state index is 6.65. The number of fused-ring (bicyclic) bond motifs is 14. The zero-order valence-corrected chi connectivity index (χ0v) is 22.9. The summed E-state index contributed by atoms with van der Waals surface area (Å²) in [5, 5.41) is 7.56. The molecule has 188 valence electrons. The molecule has 2 aromatic heterocycles. The quantitative estimate of drug-likeness (QED) is 0.194. The number of para-hydroxylation sites is 1. The van der Waals surface area contributed by atoms with Crippen molar-refractivity contribution < 1.29 is 4.42 Å². The lowest BCUT2D eigenvalue weighted by atomic mass is 9.82. The standard InChI is InChI=1S/C37H23NOS/c1-37(2)27-13-7-5-11-22(27)25-18-26-29(19-28(25)37)38-34-32(17-20-9-3-4-10-21(20)33(26)34)40-31-16-15-24-23-12-6-8-14-30(23)39-36(24)35(31)38/h3-19H,1-2H3. The Bertz CT molecular complexity index is 2440. The predicted octanol–water partition coefficient (Wildman–Crippen LogP) is 10.6.